The van der Waals surface area contributed by atoms with Gasteiger partial charge in [-0.25, -0.2) is 4.79 Å². The summed E-state index contributed by atoms with van der Waals surface area (Å²) in [7, 11) is 0. The molecule has 190 valence electrons. The Hall–Kier alpha value is -4.63. The SMILES string of the molecule is Cc1ccc(N2C(=O)C(=NNc3cccc(-c4cccc(OC(=O)O)c4)c3O)c3ccc(Br)cc32)cc1C. The Morgan fingerprint density at radius 1 is 0.947 bits per heavy atom. The van der Waals surface area contributed by atoms with Crippen LogP contribution in [0, 0.1) is 13.8 Å². The number of hydrazone groups is 1. The third-order valence-electron chi connectivity index (χ3n) is 6.28. The molecule has 4 aromatic carbocycles. The smallest absolute Gasteiger partial charge is 0.505 e. The summed E-state index contributed by atoms with van der Waals surface area (Å²) in [5, 5.41) is 24.3. The molecular formula is C29H22BrN3O5. The number of phenols is 1. The molecule has 5 rings (SSSR count). The monoisotopic (exact) mass is 571 g/mol. The molecule has 1 aliphatic heterocycles. The second-order valence-electron chi connectivity index (χ2n) is 8.74. The number of fused-ring (bicyclic) bond motifs is 1. The minimum atomic E-state index is -1.43. The second kappa shape index (κ2) is 10.0. The molecule has 4 aromatic rings. The summed E-state index contributed by atoms with van der Waals surface area (Å²) in [5.74, 6) is -0.293. The summed E-state index contributed by atoms with van der Waals surface area (Å²) >= 11 is 3.50. The first-order chi connectivity index (χ1) is 18.2. The molecule has 0 saturated heterocycles. The highest BCUT2D eigenvalue weighted by atomic mass is 79.9. The van der Waals surface area contributed by atoms with Crippen molar-refractivity contribution in [2.75, 3.05) is 10.3 Å². The fourth-order valence-electron chi connectivity index (χ4n) is 4.26. The Balaban J connectivity index is 1.50. The summed E-state index contributed by atoms with van der Waals surface area (Å²) in [6.45, 7) is 4.01. The number of carbonyl (C=O) groups excluding carboxylic acids is 1. The lowest BCUT2D eigenvalue weighted by atomic mass is 10.0. The third kappa shape index (κ3) is 4.71. The van der Waals surface area contributed by atoms with E-state index in [1.54, 1.807) is 35.2 Å². The molecule has 9 heteroatoms. The van der Waals surface area contributed by atoms with E-state index in [1.807, 2.05) is 50.2 Å². The molecule has 3 N–H and O–H groups in total. The van der Waals surface area contributed by atoms with E-state index in [9.17, 15) is 14.7 Å². The molecule has 1 amide bonds. The Labute approximate surface area is 226 Å². The van der Waals surface area contributed by atoms with Gasteiger partial charge in [-0.1, -0.05) is 46.3 Å². The van der Waals surface area contributed by atoms with E-state index in [0.29, 0.717) is 22.4 Å². The van der Waals surface area contributed by atoms with Crippen LogP contribution in [0.15, 0.2) is 88.4 Å². The van der Waals surface area contributed by atoms with Gasteiger partial charge in [-0.15, -0.1) is 0 Å². The quantitative estimate of drug-likeness (QED) is 0.103. The summed E-state index contributed by atoms with van der Waals surface area (Å²) < 4.78 is 5.55. The largest absolute Gasteiger partial charge is 0.511 e. The summed E-state index contributed by atoms with van der Waals surface area (Å²) in [4.78, 5) is 26.1. The van der Waals surface area contributed by atoms with Gasteiger partial charge in [0.25, 0.3) is 5.91 Å². The van der Waals surface area contributed by atoms with E-state index >= 15 is 0 Å². The number of nitrogens with one attached hydrogen (secondary N) is 1. The van der Waals surface area contributed by atoms with Gasteiger partial charge in [0, 0.05) is 21.3 Å². The fourth-order valence-corrected chi connectivity index (χ4v) is 4.61. The first-order valence-corrected chi connectivity index (χ1v) is 12.4. The number of anilines is 3. The predicted octanol–water partition coefficient (Wildman–Crippen LogP) is 6.99. The lowest BCUT2D eigenvalue weighted by molar-refractivity contribution is -0.111. The minimum absolute atomic E-state index is 0.114. The number of amides is 1. The van der Waals surface area contributed by atoms with Crippen LogP contribution in [0.1, 0.15) is 16.7 Å². The van der Waals surface area contributed by atoms with Gasteiger partial charge in [-0.05, 0) is 79.1 Å². The number of carboxylic acid groups (broad SMARTS) is 1. The van der Waals surface area contributed by atoms with E-state index in [2.05, 4.69) is 26.5 Å². The highest BCUT2D eigenvalue weighted by molar-refractivity contribution is 9.10. The third-order valence-corrected chi connectivity index (χ3v) is 6.78. The number of rotatable bonds is 5. The van der Waals surface area contributed by atoms with Crippen molar-refractivity contribution in [1.29, 1.82) is 0 Å². The Morgan fingerprint density at radius 3 is 2.50 bits per heavy atom. The second-order valence-corrected chi connectivity index (χ2v) is 9.66. The molecule has 0 unspecified atom stereocenters. The number of para-hydroxylation sites is 1. The number of ether oxygens (including phenoxy) is 1. The molecule has 1 heterocycles. The molecule has 0 saturated carbocycles. The van der Waals surface area contributed by atoms with Crippen molar-refractivity contribution in [1.82, 2.24) is 0 Å². The van der Waals surface area contributed by atoms with Crippen molar-refractivity contribution in [3.05, 3.63) is 100 Å². The zero-order chi connectivity index (χ0) is 27.0. The average molecular weight is 572 g/mol. The van der Waals surface area contributed by atoms with Crippen LogP contribution in [0.4, 0.5) is 21.9 Å². The lowest BCUT2D eigenvalue weighted by Crippen LogP contribution is -2.26. The number of aryl methyl sites for hydroxylation is 2. The molecule has 8 nitrogen and oxygen atoms in total. The Morgan fingerprint density at radius 2 is 1.74 bits per heavy atom. The standard InChI is InChI=1S/C29H22BrN3O5/c1-16-9-11-20(13-17(16)2)33-25-15-19(30)10-12-23(25)26(28(33)35)32-31-24-8-4-7-22(27(24)34)18-5-3-6-21(14-18)38-29(36)37/h3-15,31,34H,1-2H3,(H,36,37). The van der Waals surface area contributed by atoms with Crippen LogP contribution in [-0.2, 0) is 4.79 Å². The van der Waals surface area contributed by atoms with Gasteiger partial charge >= 0.3 is 6.16 Å². The van der Waals surface area contributed by atoms with Crippen LogP contribution in [-0.4, -0.2) is 28.0 Å². The van der Waals surface area contributed by atoms with Gasteiger partial charge in [-0.2, -0.15) is 5.10 Å². The first kappa shape index (κ1) is 25.0. The number of carbonyl (C=O) groups is 2. The fraction of sp³-hybridized carbons (Fsp3) is 0.0690. The van der Waals surface area contributed by atoms with Crippen LogP contribution in [0.2, 0.25) is 0 Å². The number of hydrogen-bond donors (Lipinski definition) is 3. The first-order valence-electron chi connectivity index (χ1n) is 11.6. The molecule has 0 aliphatic carbocycles. The summed E-state index contributed by atoms with van der Waals surface area (Å²) in [6, 6.07) is 22.8. The van der Waals surface area contributed by atoms with Gasteiger partial charge < -0.3 is 14.9 Å². The van der Waals surface area contributed by atoms with E-state index in [0.717, 1.165) is 21.3 Å². The Bertz CT molecular complexity index is 1630. The summed E-state index contributed by atoms with van der Waals surface area (Å²) in [6.07, 6.45) is -1.43. The summed E-state index contributed by atoms with van der Waals surface area (Å²) in [5.41, 5.74) is 8.57. The molecule has 0 fully saturated rings. The molecule has 0 radical (unpaired) electrons. The minimum Gasteiger partial charge on any atom is -0.505 e. The van der Waals surface area contributed by atoms with Gasteiger partial charge in [0.2, 0.25) is 0 Å². The number of phenolic OH excluding ortho intramolecular Hbond substituents is 1. The predicted molar refractivity (Wildman–Crippen MR) is 150 cm³/mol. The zero-order valence-corrected chi connectivity index (χ0v) is 22.0. The number of benzene rings is 4. The van der Waals surface area contributed by atoms with E-state index in [-0.39, 0.29) is 28.8 Å². The van der Waals surface area contributed by atoms with Gasteiger partial charge in [0.15, 0.2) is 5.71 Å². The van der Waals surface area contributed by atoms with E-state index in [4.69, 9.17) is 9.84 Å². The van der Waals surface area contributed by atoms with Gasteiger partial charge in [0.1, 0.15) is 11.5 Å². The normalized spacial score (nSPS) is 13.5. The molecule has 1 aliphatic rings. The zero-order valence-electron chi connectivity index (χ0n) is 20.4. The van der Waals surface area contributed by atoms with E-state index in [1.165, 1.54) is 12.1 Å². The van der Waals surface area contributed by atoms with Crippen molar-refractivity contribution >= 4 is 50.8 Å². The maximum Gasteiger partial charge on any atom is 0.511 e. The topological polar surface area (TPSA) is 111 Å². The van der Waals surface area contributed by atoms with Crippen LogP contribution in [0.5, 0.6) is 11.5 Å². The molecule has 0 atom stereocenters. The Kier molecular flexibility index (Phi) is 6.61. The molecule has 38 heavy (non-hydrogen) atoms. The van der Waals surface area contributed by atoms with Crippen molar-refractivity contribution < 1.29 is 24.5 Å². The number of halogens is 1. The van der Waals surface area contributed by atoms with Crippen LogP contribution < -0.4 is 15.1 Å². The van der Waals surface area contributed by atoms with E-state index < -0.39 is 6.16 Å². The molecule has 0 spiro atoms. The number of aromatic hydroxyl groups is 1. The van der Waals surface area contributed by atoms with Gasteiger partial charge in [0.05, 0.1) is 11.4 Å². The van der Waals surface area contributed by atoms with Crippen molar-refractivity contribution in [2.24, 2.45) is 5.10 Å². The number of nitrogens with zero attached hydrogens (tertiary/aromatic N) is 2. The maximum atomic E-state index is 13.6. The van der Waals surface area contributed by atoms with Crippen LogP contribution in [0.25, 0.3) is 11.1 Å². The molecular weight excluding hydrogens is 550 g/mol. The van der Waals surface area contributed by atoms with Crippen LogP contribution >= 0.6 is 15.9 Å². The lowest BCUT2D eigenvalue weighted by Gasteiger charge is -2.18. The number of hydrogen-bond acceptors (Lipinski definition) is 6. The maximum absolute atomic E-state index is 13.6. The van der Waals surface area contributed by atoms with Crippen molar-refractivity contribution in [2.45, 2.75) is 13.8 Å². The highest BCUT2D eigenvalue weighted by Crippen LogP contribution is 2.40. The van der Waals surface area contributed by atoms with Crippen molar-refractivity contribution in [3.8, 4) is 22.6 Å². The molecule has 0 bridgehead atoms. The average Bonchev–Trinajstić information content (AvgIpc) is 3.15. The van der Waals surface area contributed by atoms with Gasteiger partial charge in [-0.3, -0.25) is 15.1 Å². The highest BCUT2D eigenvalue weighted by Gasteiger charge is 2.35. The molecule has 0 aromatic heterocycles. The van der Waals surface area contributed by atoms with Crippen molar-refractivity contribution in [3.63, 3.8) is 0 Å². The van der Waals surface area contributed by atoms with Crippen LogP contribution in [0.3, 0.4) is 0 Å².